The zero-order valence-electron chi connectivity index (χ0n) is 15.1. The second-order valence-corrected chi connectivity index (χ2v) is 7.91. The normalized spacial score (nSPS) is 18.8. The number of carbonyl (C=O) groups is 2. The molecule has 0 aromatic heterocycles. The zero-order valence-corrected chi connectivity index (χ0v) is 19.9. The molecule has 2 saturated heterocycles. The second kappa shape index (κ2) is 14.4. The number of carbonyl (C=O) groups excluding carboxylic acids is 2. The predicted molar refractivity (Wildman–Crippen MR) is 117 cm³/mol. The number of rotatable bonds is 7. The number of hydrogen-bond donors (Lipinski definition) is 0. The molecular weight excluding hydrogens is 511 g/mol. The van der Waals surface area contributed by atoms with Crippen molar-refractivity contribution in [3.63, 3.8) is 0 Å². The first kappa shape index (κ1) is 26.4. The third kappa shape index (κ3) is 8.61. The standard InChI is InChI=1S/C16H28Br2N4O2.2ClH/c17-3-1-15(23)21-11-7-19(8-12-21)5-6-20-9-13-22(14-10-20)16(24)2-4-18;;/h1-14H2;2*1H. The van der Waals surface area contributed by atoms with Crippen LogP contribution in [0.2, 0.25) is 0 Å². The third-order valence-electron chi connectivity index (χ3n) is 4.80. The molecule has 10 heteroatoms. The van der Waals surface area contributed by atoms with Crippen molar-refractivity contribution in [2.24, 2.45) is 0 Å². The molecule has 0 spiro atoms. The SMILES string of the molecule is Cl.Cl.O=C(CCBr)N1CCN(CCN2CCN(C(=O)CCBr)CC2)CC1. The van der Waals surface area contributed by atoms with Crippen LogP contribution in [0.15, 0.2) is 0 Å². The van der Waals surface area contributed by atoms with Crippen molar-refractivity contribution in [1.82, 2.24) is 19.6 Å². The highest BCUT2D eigenvalue weighted by Crippen LogP contribution is 2.07. The van der Waals surface area contributed by atoms with Gasteiger partial charge in [-0.1, -0.05) is 31.9 Å². The van der Waals surface area contributed by atoms with Crippen molar-refractivity contribution in [2.75, 3.05) is 76.1 Å². The zero-order chi connectivity index (χ0) is 17.4. The molecule has 0 unspecified atom stereocenters. The minimum Gasteiger partial charge on any atom is -0.340 e. The highest BCUT2D eigenvalue weighted by molar-refractivity contribution is 9.09. The van der Waals surface area contributed by atoms with E-state index in [0.717, 1.165) is 76.1 Å². The number of halogens is 4. The van der Waals surface area contributed by atoms with Gasteiger partial charge in [0.15, 0.2) is 0 Å². The lowest BCUT2D eigenvalue weighted by atomic mass is 10.2. The van der Waals surface area contributed by atoms with E-state index in [1.54, 1.807) is 0 Å². The van der Waals surface area contributed by atoms with Crippen LogP contribution in [0.25, 0.3) is 0 Å². The lowest BCUT2D eigenvalue weighted by molar-refractivity contribution is -0.133. The highest BCUT2D eigenvalue weighted by atomic mass is 79.9. The molecule has 0 bridgehead atoms. The summed E-state index contributed by atoms with van der Waals surface area (Å²) in [4.78, 5) is 32.6. The Hall–Kier alpha value is 0.400. The number of nitrogens with zero attached hydrogens (tertiary/aromatic N) is 4. The molecule has 2 amide bonds. The van der Waals surface area contributed by atoms with E-state index in [1.807, 2.05) is 9.80 Å². The van der Waals surface area contributed by atoms with Crippen molar-refractivity contribution < 1.29 is 9.59 Å². The van der Waals surface area contributed by atoms with Crippen LogP contribution in [0.1, 0.15) is 12.8 Å². The highest BCUT2D eigenvalue weighted by Gasteiger charge is 2.23. The van der Waals surface area contributed by atoms with Crippen LogP contribution in [0.4, 0.5) is 0 Å². The van der Waals surface area contributed by atoms with Gasteiger partial charge in [0, 0.05) is 88.9 Å². The summed E-state index contributed by atoms with van der Waals surface area (Å²) in [5.41, 5.74) is 0. The molecule has 0 saturated carbocycles. The van der Waals surface area contributed by atoms with E-state index in [4.69, 9.17) is 0 Å². The number of piperazine rings is 2. The summed E-state index contributed by atoms with van der Waals surface area (Å²) in [7, 11) is 0. The van der Waals surface area contributed by atoms with E-state index in [0.29, 0.717) is 12.8 Å². The molecule has 6 nitrogen and oxygen atoms in total. The molecule has 0 aliphatic carbocycles. The van der Waals surface area contributed by atoms with Crippen LogP contribution in [0.3, 0.4) is 0 Å². The van der Waals surface area contributed by atoms with Gasteiger partial charge in [0.1, 0.15) is 0 Å². The predicted octanol–water partition coefficient (Wildman–Crippen LogP) is 1.69. The van der Waals surface area contributed by atoms with E-state index in [9.17, 15) is 9.59 Å². The van der Waals surface area contributed by atoms with Crippen molar-refractivity contribution in [2.45, 2.75) is 12.8 Å². The lowest BCUT2D eigenvalue weighted by Gasteiger charge is -2.38. The molecule has 0 atom stereocenters. The molecule has 2 heterocycles. The molecule has 0 aromatic carbocycles. The number of alkyl halides is 2. The van der Waals surface area contributed by atoms with Crippen LogP contribution in [-0.2, 0) is 9.59 Å². The Morgan fingerprint density at radius 2 is 0.923 bits per heavy atom. The van der Waals surface area contributed by atoms with E-state index < -0.39 is 0 Å². The molecule has 2 fully saturated rings. The third-order valence-corrected chi connectivity index (χ3v) is 5.59. The summed E-state index contributed by atoms with van der Waals surface area (Å²) >= 11 is 6.66. The van der Waals surface area contributed by atoms with E-state index in [-0.39, 0.29) is 36.6 Å². The summed E-state index contributed by atoms with van der Waals surface area (Å²) in [6, 6.07) is 0. The monoisotopic (exact) mass is 538 g/mol. The minimum atomic E-state index is 0. The lowest BCUT2D eigenvalue weighted by Crippen LogP contribution is -2.53. The van der Waals surface area contributed by atoms with Crippen LogP contribution >= 0.6 is 56.7 Å². The van der Waals surface area contributed by atoms with Crippen molar-refractivity contribution in [3.05, 3.63) is 0 Å². The molecule has 0 radical (unpaired) electrons. The van der Waals surface area contributed by atoms with Crippen molar-refractivity contribution >= 4 is 68.5 Å². The fourth-order valence-corrected chi connectivity index (χ4v) is 3.88. The van der Waals surface area contributed by atoms with Crippen LogP contribution in [-0.4, -0.2) is 108 Å². The van der Waals surface area contributed by atoms with Crippen LogP contribution < -0.4 is 0 Å². The van der Waals surface area contributed by atoms with Gasteiger partial charge < -0.3 is 9.80 Å². The van der Waals surface area contributed by atoms with Gasteiger partial charge >= 0.3 is 0 Å². The number of amides is 2. The Balaban J connectivity index is 0.00000312. The maximum atomic E-state index is 11.9. The second-order valence-electron chi connectivity index (χ2n) is 6.32. The van der Waals surface area contributed by atoms with Gasteiger partial charge in [-0.25, -0.2) is 0 Å². The average Bonchev–Trinajstić information content (AvgIpc) is 2.61. The van der Waals surface area contributed by atoms with E-state index in [2.05, 4.69) is 41.7 Å². The summed E-state index contributed by atoms with van der Waals surface area (Å²) in [6.07, 6.45) is 1.19. The molecule has 0 N–H and O–H groups in total. The summed E-state index contributed by atoms with van der Waals surface area (Å²) < 4.78 is 0. The fourth-order valence-electron chi connectivity index (χ4n) is 3.20. The van der Waals surface area contributed by atoms with Crippen LogP contribution in [0.5, 0.6) is 0 Å². The summed E-state index contributed by atoms with van der Waals surface area (Å²) in [5.74, 6) is 0.520. The Morgan fingerprint density at radius 3 is 1.19 bits per heavy atom. The van der Waals surface area contributed by atoms with Crippen LogP contribution in [0, 0.1) is 0 Å². The maximum absolute atomic E-state index is 11.9. The Morgan fingerprint density at radius 1 is 0.615 bits per heavy atom. The van der Waals surface area contributed by atoms with Gasteiger partial charge in [-0.2, -0.15) is 0 Å². The van der Waals surface area contributed by atoms with Crippen molar-refractivity contribution in [1.29, 1.82) is 0 Å². The largest absolute Gasteiger partial charge is 0.340 e. The first-order valence-corrected chi connectivity index (χ1v) is 11.0. The molecule has 2 aliphatic rings. The summed E-state index contributed by atoms with van der Waals surface area (Å²) in [5, 5.41) is 1.49. The smallest absolute Gasteiger partial charge is 0.223 e. The van der Waals surface area contributed by atoms with Crippen molar-refractivity contribution in [3.8, 4) is 0 Å². The molecule has 0 aromatic rings. The molecule has 26 heavy (non-hydrogen) atoms. The van der Waals surface area contributed by atoms with Gasteiger partial charge in [-0.15, -0.1) is 24.8 Å². The molecular formula is C16H30Br2Cl2N4O2. The minimum absolute atomic E-state index is 0. The first-order chi connectivity index (χ1) is 11.6. The van der Waals surface area contributed by atoms with Gasteiger partial charge in [0.25, 0.3) is 0 Å². The van der Waals surface area contributed by atoms with Gasteiger partial charge in [-0.05, 0) is 0 Å². The topological polar surface area (TPSA) is 47.1 Å². The molecule has 154 valence electrons. The Bertz CT molecular complexity index is 381. The van der Waals surface area contributed by atoms with Gasteiger partial charge in [-0.3, -0.25) is 19.4 Å². The van der Waals surface area contributed by atoms with Gasteiger partial charge in [0.2, 0.25) is 11.8 Å². The maximum Gasteiger partial charge on any atom is 0.223 e. The Labute approximate surface area is 186 Å². The van der Waals surface area contributed by atoms with E-state index >= 15 is 0 Å². The first-order valence-electron chi connectivity index (χ1n) is 8.76. The Kier molecular flexibility index (Phi) is 14.6. The average molecular weight is 541 g/mol. The number of hydrogen-bond acceptors (Lipinski definition) is 4. The van der Waals surface area contributed by atoms with E-state index in [1.165, 1.54) is 0 Å². The molecule has 2 rings (SSSR count). The summed E-state index contributed by atoms with van der Waals surface area (Å²) in [6.45, 7) is 9.37. The quantitative estimate of drug-likeness (QED) is 0.461. The van der Waals surface area contributed by atoms with Gasteiger partial charge in [0.05, 0.1) is 0 Å². The molecule has 2 aliphatic heterocycles. The fraction of sp³-hybridized carbons (Fsp3) is 0.875.